The zero-order valence-electron chi connectivity index (χ0n) is 18.5. The quantitative estimate of drug-likeness (QED) is 0.422. The molecular weight excluding hydrogens is 452 g/mol. The summed E-state index contributed by atoms with van der Waals surface area (Å²) < 4.78 is 19.8. The average molecular weight is 473 g/mol. The van der Waals surface area contributed by atoms with E-state index in [2.05, 4.69) is 15.4 Å². The van der Waals surface area contributed by atoms with Crippen LogP contribution in [-0.2, 0) is 0 Å². The highest BCUT2D eigenvalue weighted by Gasteiger charge is 2.42. The molecule has 170 valence electrons. The number of hydrogen-bond acceptors (Lipinski definition) is 6. The van der Waals surface area contributed by atoms with Crippen molar-refractivity contribution in [1.29, 1.82) is 0 Å². The smallest absolute Gasteiger partial charge is 0.226 e. The van der Waals surface area contributed by atoms with Crippen LogP contribution >= 0.6 is 11.6 Å². The molecule has 34 heavy (non-hydrogen) atoms. The van der Waals surface area contributed by atoms with Crippen molar-refractivity contribution >= 4 is 23.2 Å². The molecule has 0 radical (unpaired) electrons. The van der Waals surface area contributed by atoms with E-state index in [0.29, 0.717) is 11.0 Å². The third-order valence-corrected chi connectivity index (χ3v) is 6.48. The van der Waals surface area contributed by atoms with Crippen LogP contribution in [0.15, 0.2) is 78.6 Å². The Morgan fingerprint density at radius 1 is 1.00 bits per heavy atom. The lowest BCUT2D eigenvalue weighted by Crippen LogP contribution is -2.32. The second-order valence-electron chi connectivity index (χ2n) is 8.04. The average Bonchev–Trinajstić information content (AvgIpc) is 3.35. The predicted molar refractivity (Wildman–Crippen MR) is 130 cm³/mol. The van der Waals surface area contributed by atoms with Crippen molar-refractivity contribution in [3.8, 4) is 17.2 Å². The van der Waals surface area contributed by atoms with Crippen LogP contribution in [-0.4, -0.2) is 29.0 Å². The molecule has 0 saturated carbocycles. The fourth-order valence-corrected chi connectivity index (χ4v) is 4.81. The molecule has 8 heteroatoms. The van der Waals surface area contributed by atoms with Gasteiger partial charge in [-0.1, -0.05) is 35.9 Å². The number of methoxy groups -OCH3 is 2. The monoisotopic (exact) mass is 472 g/mol. The maximum atomic E-state index is 6.63. The molecule has 4 aromatic rings. The minimum atomic E-state index is -0.395. The molecule has 0 bridgehead atoms. The number of ether oxygens (including phenoxy) is 3. The summed E-state index contributed by atoms with van der Waals surface area (Å²) in [7, 11) is 3.31. The van der Waals surface area contributed by atoms with Gasteiger partial charge in [0.25, 0.3) is 0 Å². The molecule has 0 unspecified atom stereocenters. The van der Waals surface area contributed by atoms with E-state index in [0.717, 1.165) is 45.2 Å². The highest BCUT2D eigenvalue weighted by Crippen LogP contribution is 2.52. The lowest BCUT2D eigenvalue weighted by atomic mass is 9.84. The van der Waals surface area contributed by atoms with Crippen molar-refractivity contribution in [3.05, 3.63) is 100 Å². The number of halogens is 1. The molecule has 7 nitrogen and oxygen atoms in total. The van der Waals surface area contributed by atoms with E-state index in [1.54, 1.807) is 20.5 Å². The first kappa shape index (κ1) is 20.6. The number of para-hydroxylation sites is 1. The van der Waals surface area contributed by atoms with E-state index in [9.17, 15) is 0 Å². The van der Waals surface area contributed by atoms with Crippen molar-refractivity contribution in [2.45, 2.75) is 12.1 Å². The molecule has 6 rings (SSSR count). The first-order valence-corrected chi connectivity index (χ1v) is 11.2. The van der Waals surface area contributed by atoms with E-state index in [1.165, 1.54) is 0 Å². The Hall–Kier alpha value is -3.97. The zero-order valence-corrected chi connectivity index (χ0v) is 19.3. The molecular formula is C26H21ClN4O3. The van der Waals surface area contributed by atoms with Gasteiger partial charge in [0.05, 0.1) is 19.9 Å². The topological polar surface area (TPSA) is 70.4 Å². The number of aromatic nitrogens is 3. The molecule has 2 aliphatic rings. The fraction of sp³-hybridized carbons (Fsp3) is 0.154. The standard InChI is InChI=1S/C26H21ClN4O3/c1-32-17-11-12-20(33-2)19(13-17)24-22-23(30-26-28-14-29-31(24)26)18-5-3-4-6-21(18)34-25(22)15-7-9-16(27)10-8-15/h3-14,24-25H,1-2H3,(H,28,29,30)/t24-,25-/m1/s1. The minimum Gasteiger partial charge on any atom is -0.497 e. The molecule has 0 aliphatic carbocycles. The Balaban J connectivity index is 1.65. The van der Waals surface area contributed by atoms with Crippen molar-refractivity contribution < 1.29 is 14.2 Å². The van der Waals surface area contributed by atoms with Crippen LogP contribution in [0.1, 0.15) is 28.8 Å². The highest BCUT2D eigenvalue weighted by molar-refractivity contribution is 6.30. The first-order chi connectivity index (χ1) is 16.7. The van der Waals surface area contributed by atoms with Gasteiger partial charge < -0.3 is 19.5 Å². The number of benzene rings is 3. The van der Waals surface area contributed by atoms with E-state index in [-0.39, 0.29) is 6.04 Å². The van der Waals surface area contributed by atoms with E-state index in [4.69, 9.17) is 25.8 Å². The van der Waals surface area contributed by atoms with Gasteiger partial charge in [0, 0.05) is 21.7 Å². The van der Waals surface area contributed by atoms with Crippen LogP contribution in [0.4, 0.5) is 5.95 Å². The molecule has 1 N–H and O–H groups in total. The maximum Gasteiger partial charge on any atom is 0.226 e. The molecule has 0 fully saturated rings. The summed E-state index contributed by atoms with van der Waals surface area (Å²) >= 11 is 6.20. The van der Waals surface area contributed by atoms with Gasteiger partial charge in [0.15, 0.2) is 0 Å². The summed E-state index contributed by atoms with van der Waals surface area (Å²) in [6.45, 7) is 0. The third kappa shape index (κ3) is 3.20. The molecule has 2 aliphatic heterocycles. The van der Waals surface area contributed by atoms with Crippen LogP contribution in [0.5, 0.6) is 17.2 Å². The summed E-state index contributed by atoms with van der Waals surface area (Å²) in [5.74, 6) is 2.87. The Labute approximate surface area is 201 Å². The summed E-state index contributed by atoms with van der Waals surface area (Å²) in [6.07, 6.45) is 1.15. The summed E-state index contributed by atoms with van der Waals surface area (Å²) in [5, 5.41) is 8.74. The molecule has 0 spiro atoms. The van der Waals surface area contributed by atoms with Gasteiger partial charge in [-0.25, -0.2) is 4.68 Å². The minimum absolute atomic E-state index is 0.354. The Morgan fingerprint density at radius 3 is 2.62 bits per heavy atom. The van der Waals surface area contributed by atoms with Gasteiger partial charge in [0.2, 0.25) is 5.95 Å². The third-order valence-electron chi connectivity index (χ3n) is 6.23. The van der Waals surface area contributed by atoms with E-state index in [1.807, 2.05) is 71.4 Å². The van der Waals surface area contributed by atoms with Crippen LogP contribution < -0.4 is 19.5 Å². The van der Waals surface area contributed by atoms with Gasteiger partial charge >= 0.3 is 0 Å². The van der Waals surface area contributed by atoms with Crippen LogP contribution in [0, 0.1) is 0 Å². The Morgan fingerprint density at radius 2 is 1.82 bits per heavy atom. The molecule has 1 aromatic heterocycles. The van der Waals surface area contributed by atoms with Crippen molar-refractivity contribution in [3.63, 3.8) is 0 Å². The number of anilines is 1. The van der Waals surface area contributed by atoms with Crippen LogP contribution in [0.2, 0.25) is 5.02 Å². The first-order valence-electron chi connectivity index (χ1n) is 10.8. The Bertz CT molecular complexity index is 1410. The number of fused-ring (bicyclic) bond motifs is 3. The maximum absolute atomic E-state index is 6.63. The number of rotatable bonds is 4. The predicted octanol–water partition coefficient (Wildman–Crippen LogP) is 5.51. The number of nitrogens with one attached hydrogen (secondary N) is 1. The van der Waals surface area contributed by atoms with Crippen LogP contribution in [0.25, 0.3) is 5.70 Å². The number of nitrogens with zero attached hydrogens (tertiary/aromatic N) is 3. The summed E-state index contributed by atoms with van der Waals surface area (Å²) in [4.78, 5) is 4.48. The van der Waals surface area contributed by atoms with Gasteiger partial charge in [-0.3, -0.25) is 0 Å². The summed E-state index contributed by atoms with van der Waals surface area (Å²) in [5.41, 5.74) is 4.76. The molecule has 2 atom stereocenters. The van der Waals surface area contributed by atoms with E-state index < -0.39 is 6.10 Å². The van der Waals surface area contributed by atoms with Gasteiger partial charge in [0.1, 0.15) is 35.7 Å². The van der Waals surface area contributed by atoms with Gasteiger partial charge in [-0.15, -0.1) is 0 Å². The van der Waals surface area contributed by atoms with Gasteiger partial charge in [-0.2, -0.15) is 10.1 Å². The Kier molecular flexibility index (Phi) is 4.92. The van der Waals surface area contributed by atoms with E-state index >= 15 is 0 Å². The van der Waals surface area contributed by atoms with Crippen molar-refractivity contribution in [1.82, 2.24) is 14.8 Å². The SMILES string of the molecule is COc1ccc(OC)c([C@@H]2C3=C(Nc4ncnn42)c2ccccc2O[C@@H]3c2ccc(Cl)cc2)c1. The fourth-order valence-electron chi connectivity index (χ4n) is 4.68. The highest BCUT2D eigenvalue weighted by atomic mass is 35.5. The molecule has 3 aromatic carbocycles. The normalized spacial score (nSPS) is 18.2. The van der Waals surface area contributed by atoms with Crippen molar-refractivity contribution in [2.24, 2.45) is 0 Å². The molecule has 0 saturated heterocycles. The second-order valence-corrected chi connectivity index (χ2v) is 8.48. The molecule has 3 heterocycles. The zero-order chi connectivity index (χ0) is 23.2. The second kappa shape index (κ2) is 8.11. The lowest BCUT2D eigenvalue weighted by Gasteiger charge is -2.39. The largest absolute Gasteiger partial charge is 0.497 e. The van der Waals surface area contributed by atoms with Crippen molar-refractivity contribution in [2.75, 3.05) is 19.5 Å². The molecule has 0 amide bonds. The number of hydrogen-bond donors (Lipinski definition) is 1. The summed E-state index contributed by atoms with van der Waals surface area (Å²) in [6, 6.07) is 21.1. The van der Waals surface area contributed by atoms with Crippen LogP contribution in [0.3, 0.4) is 0 Å². The van der Waals surface area contributed by atoms with Gasteiger partial charge in [-0.05, 0) is 48.0 Å². The lowest BCUT2D eigenvalue weighted by molar-refractivity contribution is 0.222.